The van der Waals surface area contributed by atoms with Gasteiger partial charge in [0, 0.05) is 13.1 Å². The van der Waals surface area contributed by atoms with Crippen LogP contribution in [-0.4, -0.2) is 36.5 Å². The first-order chi connectivity index (χ1) is 10.1. The van der Waals surface area contributed by atoms with Crippen LogP contribution in [0.5, 0.6) is 0 Å². The Kier molecular flexibility index (Phi) is 7.74. The van der Waals surface area contributed by atoms with Crippen molar-refractivity contribution in [1.82, 2.24) is 10.6 Å². The Balaban J connectivity index is 3.72. The van der Waals surface area contributed by atoms with E-state index in [4.69, 9.17) is 20.0 Å². The lowest BCUT2D eigenvalue weighted by molar-refractivity contribution is 0.0748. The maximum Gasteiger partial charge on any atom is 0.408 e. The molecule has 0 radical (unpaired) electrons. The second kappa shape index (κ2) is 8.73. The molecule has 0 aliphatic carbocycles. The highest BCUT2D eigenvalue weighted by molar-refractivity contribution is 5.68. The first-order valence-electron chi connectivity index (χ1n) is 6.88. The Bertz CT molecular complexity index is 430. The predicted octanol–water partition coefficient (Wildman–Crippen LogP) is 1.82. The zero-order valence-corrected chi connectivity index (χ0v) is 13.4. The molecule has 0 atom stereocenters. The van der Waals surface area contributed by atoms with Gasteiger partial charge < -0.3 is 20.1 Å². The average molecular weight is 310 g/mol. The van der Waals surface area contributed by atoms with Crippen molar-refractivity contribution in [2.45, 2.75) is 51.7 Å². The molecule has 0 saturated heterocycles. The van der Waals surface area contributed by atoms with Gasteiger partial charge in [0.1, 0.15) is 12.1 Å². The van der Waals surface area contributed by atoms with Crippen molar-refractivity contribution >= 4 is 12.2 Å². The summed E-state index contributed by atoms with van der Waals surface area (Å²) in [6.07, 6.45) is -0.0852. The fourth-order valence-electron chi connectivity index (χ4n) is 1.21. The third-order valence-corrected chi connectivity index (χ3v) is 2.38. The normalized spacial score (nSPS) is 10.8. The molecule has 0 aliphatic heterocycles. The molecule has 0 aliphatic rings. The summed E-state index contributed by atoms with van der Waals surface area (Å²) in [7, 11) is 0. The van der Waals surface area contributed by atoms with Crippen LogP contribution in [0.3, 0.4) is 0 Å². The van der Waals surface area contributed by atoms with Crippen LogP contribution in [-0.2, 0) is 9.47 Å². The van der Waals surface area contributed by atoms with Crippen LogP contribution in [0.1, 0.15) is 40.5 Å². The van der Waals surface area contributed by atoms with Crippen LogP contribution in [0.15, 0.2) is 0 Å². The molecule has 0 aromatic rings. The molecule has 0 spiro atoms. The minimum atomic E-state index is -1.16. The standard InChI is InChI=1S/C14H22N4O4/c1-13(2,9-15)21-11(19)17-7-5-6-8-18-12(20)22-14(3,4)10-16/h5-8H2,1-4H3,(H,17,19)(H,18,20). The van der Waals surface area contributed by atoms with Gasteiger partial charge in [0.2, 0.25) is 0 Å². The number of carbonyl (C=O) groups excluding carboxylic acids is 2. The van der Waals surface area contributed by atoms with E-state index in [1.54, 1.807) is 0 Å². The summed E-state index contributed by atoms with van der Waals surface area (Å²) < 4.78 is 9.73. The summed E-state index contributed by atoms with van der Waals surface area (Å²) in [6, 6.07) is 3.70. The third kappa shape index (κ3) is 9.43. The Morgan fingerprint density at radius 2 is 1.18 bits per heavy atom. The molecule has 0 fully saturated rings. The number of rotatable bonds is 7. The number of carbonyl (C=O) groups is 2. The van der Waals surface area contributed by atoms with Gasteiger partial charge in [0.25, 0.3) is 0 Å². The lowest BCUT2D eigenvalue weighted by Crippen LogP contribution is -2.35. The van der Waals surface area contributed by atoms with Crippen molar-refractivity contribution in [3.05, 3.63) is 0 Å². The fraction of sp³-hybridized carbons (Fsp3) is 0.714. The van der Waals surface area contributed by atoms with Crippen LogP contribution in [0.4, 0.5) is 9.59 Å². The van der Waals surface area contributed by atoms with Crippen LogP contribution in [0.25, 0.3) is 0 Å². The molecule has 0 unspecified atom stereocenters. The van der Waals surface area contributed by atoms with E-state index in [-0.39, 0.29) is 0 Å². The minimum Gasteiger partial charge on any atom is -0.428 e. The number of amides is 2. The highest BCUT2D eigenvalue weighted by Gasteiger charge is 2.22. The van der Waals surface area contributed by atoms with Gasteiger partial charge in [-0.1, -0.05) is 0 Å². The lowest BCUT2D eigenvalue weighted by atomic mass is 10.2. The van der Waals surface area contributed by atoms with Crippen molar-refractivity contribution in [3.63, 3.8) is 0 Å². The topological polar surface area (TPSA) is 124 Å². The molecule has 0 aromatic carbocycles. The van der Waals surface area contributed by atoms with Gasteiger partial charge in [-0.3, -0.25) is 0 Å². The molecule has 122 valence electrons. The zero-order valence-electron chi connectivity index (χ0n) is 13.4. The number of unbranched alkanes of at least 4 members (excludes halogenated alkanes) is 1. The number of nitrogens with zero attached hydrogens (tertiary/aromatic N) is 2. The van der Waals surface area contributed by atoms with Gasteiger partial charge in [-0.05, 0) is 40.5 Å². The molecular formula is C14H22N4O4. The summed E-state index contributed by atoms with van der Waals surface area (Å²) in [4.78, 5) is 22.7. The smallest absolute Gasteiger partial charge is 0.408 e. The number of ether oxygens (including phenoxy) is 2. The summed E-state index contributed by atoms with van der Waals surface area (Å²) in [5, 5.41) is 22.4. The molecule has 0 heterocycles. The van der Waals surface area contributed by atoms with Gasteiger partial charge in [0.15, 0.2) is 11.2 Å². The van der Waals surface area contributed by atoms with Crippen LogP contribution < -0.4 is 10.6 Å². The number of nitriles is 2. The monoisotopic (exact) mass is 310 g/mol. The van der Waals surface area contributed by atoms with Crippen molar-refractivity contribution in [2.75, 3.05) is 13.1 Å². The maximum absolute atomic E-state index is 11.3. The molecular weight excluding hydrogens is 288 g/mol. The van der Waals surface area contributed by atoms with Crippen molar-refractivity contribution in [2.24, 2.45) is 0 Å². The quantitative estimate of drug-likeness (QED) is 0.691. The summed E-state index contributed by atoms with van der Waals surface area (Å²) in [5.41, 5.74) is -2.33. The van der Waals surface area contributed by atoms with E-state index in [1.165, 1.54) is 27.7 Å². The largest absolute Gasteiger partial charge is 0.428 e. The third-order valence-electron chi connectivity index (χ3n) is 2.38. The highest BCUT2D eigenvalue weighted by Crippen LogP contribution is 2.07. The van der Waals surface area contributed by atoms with E-state index < -0.39 is 23.4 Å². The first kappa shape index (κ1) is 19.5. The van der Waals surface area contributed by atoms with Crippen molar-refractivity contribution < 1.29 is 19.1 Å². The van der Waals surface area contributed by atoms with Crippen LogP contribution in [0, 0.1) is 22.7 Å². The minimum absolute atomic E-state index is 0.362. The molecule has 0 saturated carbocycles. The summed E-state index contributed by atoms with van der Waals surface area (Å²) in [5.74, 6) is 0. The molecule has 0 bridgehead atoms. The maximum atomic E-state index is 11.3. The summed E-state index contributed by atoms with van der Waals surface area (Å²) >= 11 is 0. The molecule has 2 N–H and O–H groups in total. The second-order valence-corrected chi connectivity index (χ2v) is 5.58. The second-order valence-electron chi connectivity index (χ2n) is 5.58. The first-order valence-corrected chi connectivity index (χ1v) is 6.88. The molecule has 0 aromatic heterocycles. The number of hydrogen-bond donors (Lipinski definition) is 2. The number of nitrogens with one attached hydrogen (secondary N) is 2. The fourth-order valence-corrected chi connectivity index (χ4v) is 1.21. The van der Waals surface area contributed by atoms with E-state index in [0.717, 1.165) is 0 Å². The van der Waals surface area contributed by atoms with E-state index in [2.05, 4.69) is 10.6 Å². The summed E-state index contributed by atoms with van der Waals surface area (Å²) in [6.45, 7) is 6.69. The van der Waals surface area contributed by atoms with Crippen LogP contribution in [0.2, 0.25) is 0 Å². The Morgan fingerprint density at radius 1 is 0.864 bits per heavy atom. The van der Waals surface area contributed by atoms with E-state index in [0.29, 0.717) is 25.9 Å². The van der Waals surface area contributed by atoms with Crippen molar-refractivity contribution in [1.29, 1.82) is 10.5 Å². The van der Waals surface area contributed by atoms with Gasteiger partial charge in [-0.2, -0.15) is 10.5 Å². The average Bonchev–Trinajstić information content (AvgIpc) is 2.41. The number of hydrogen-bond acceptors (Lipinski definition) is 6. The molecule has 8 heteroatoms. The highest BCUT2D eigenvalue weighted by atomic mass is 16.6. The van der Waals surface area contributed by atoms with Gasteiger partial charge in [-0.15, -0.1) is 0 Å². The molecule has 8 nitrogen and oxygen atoms in total. The lowest BCUT2D eigenvalue weighted by Gasteiger charge is -2.17. The molecule has 0 rings (SSSR count). The van der Waals surface area contributed by atoms with E-state index in [1.807, 2.05) is 12.1 Å². The van der Waals surface area contributed by atoms with E-state index in [9.17, 15) is 9.59 Å². The number of alkyl carbamates (subject to hydrolysis) is 2. The zero-order chi connectivity index (χ0) is 17.2. The Labute approximate surface area is 130 Å². The molecule has 22 heavy (non-hydrogen) atoms. The molecule has 2 amide bonds. The van der Waals surface area contributed by atoms with Gasteiger partial charge in [-0.25, -0.2) is 9.59 Å². The SMILES string of the molecule is CC(C)(C#N)OC(=O)NCCCCNC(=O)OC(C)(C)C#N. The van der Waals surface area contributed by atoms with Gasteiger partial charge >= 0.3 is 12.2 Å². The Morgan fingerprint density at radius 3 is 1.45 bits per heavy atom. The predicted molar refractivity (Wildman–Crippen MR) is 77.6 cm³/mol. The Hall–Kier alpha value is -2.48. The van der Waals surface area contributed by atoms with E-state index >= 15 is 0 Å². The van der Waals surface area contributed by atoms with Gasteiger partial charge in [0.05, 0.1) is 0 Å². The van der Waals surface area contributed by atoms with Crippen molar-refractivity contribution in [3.8, 4) is 12.1 Å². The van der Waals surface area contributed by atoms with Crippen LogP contribution >= 0.6 is 0 Å².